The molecule has 0 saturated heterocycles. The molecule has 0 atom stereocenters. The molecule has 0 radical (unpaired) electrons. The molecule has 4 heterocycles. The highest BCUT2D eigenvalue weighted by Gasteiger charge is 2.22. The summed E-state index contributed by atoms with van der Waals surface area (Å²) in [6.45, 7) is 4.32. The van der Waals surface area contributed by atoms with Gasteiger partial charge in [-0.2, -0.15) is 0 Å². The van der Waals surface area contributed by atoms with E-state index in [1.54, 1.807) is 11.3 Å². The van der Waals surface area contributed by atoms with Crippen LogP contribution < -0.4 is 5.56 Å². The van der Waals surface area contributed by atoms with Crippen LogP contribution in [-0.2, 0) is 26.6 Å². The Morgan fingerprint density at radius 2 is 2.29 bits per heavy atom. The average Bonchev–Trinajstić information content (AvgIpc) is 3.21. The summed E-state index contributed by atoms with van der Waals surface area (Å²) < 4.78 is 2.10. The number of aromatic amines is 1. The summed E-state index contributed by atoms with van der Waals surface area (Å²) in [5, 5.41) is 1.99. The van der Waals surface area contributed by atoms with E-state index in [1.165, 1.54) is 0 Å². The van der Waals surface area contributed by atoms with E-state index in [0.717, 1.165) is 47.2 Å². The normalized spacial score (nSPS) is 14.8. The number of hydrogen-bond donors (Lipinski definition) is 1. The van der Waals surface area contributed by atoms with Gasteiger partial charge in [0.15, 0.2) is 5.82 Å². The van der Waals surface area contributed by atoms with E-state index < -0.39 is 0 Å². The van der Waals surface area contributed by atoms with Crippen LogP contribution in [0.2, 0.25) is 0 Å². The molecule has 3 aromatic rings. The van der Waals surface area contributed by atoms with Gasteiger partial charge in [-0.05, 0) is 18.4 Å². The van der Waals surface area contributed by atoms with E-state index >= 15 is 0 Å². The van der Waals surface area contributed by atoms with Crippen LogP contribution in [0.3, 0.4) is 0 Å². The Morgan fingerprint density at radius 3 is 3.00 bits per heavy atom. The maximum absolute atomic E-state index is 12.5. The first kappa shape index (κ1) is 15.3. The summed E-state index contributed by atoms with van der Waals surface area (Å²) in [5.41, 5.74) is 2.87. The lowest BCUT2D eigenvalue weighted by molar-refractivity contribution is 0.236. The molecule has 0 spiro atoms. The van der Waals surface area contributed by atoms with E-state index in [9.17, 15) is 4.79 Å². The van der Waals surface area contributed by atoms with E-state index in [0.29, 0.717) is 12.4 Å². The smallest absolute Gasteiger partial charge is 0.255 e. The Balaban J connectivity index is 1.59. The summed E-state index contributed by atoms with van der Waals surface area (Å²) in [7, 11) is 2.03. The maximum Gasteiger partial charge on any atom is 0.255 e. The van der Waals surface area contributed by atoms with E-state index in [4.69, 9.17) is 4.98 Å². The zero-order valence-corrected chi connectivity index (χ0v) is 14.6. The number of nitrogens with zero attached hydrogens (tertiary/aromatic N) is 4. The fourth-order valence-corrected chi connectivity index (χ4v) is 3.74. The number of fused-ring (bicyclic) bond motifs is 1. The first-order valence-corrected chi connectivity index (χ1v) is 8.85. The Bertz CT molecular complexity index is 925. The van der Waals surface area contributed by atoms with Crippen molar-refractivity contribution < 1.29 is 0 Å². The predicted octanol–water partition coefficient (Wildman–Crippen LogP) is 2.10. The molecule has 6 nitrogen and oxygen atoms in total. The lowest BCUT2D eigenvalue weighted by atomic mass is 10.1. The van der Waals surface area contributed by atoms with E-state index in [1.807, 2.05) is 37.7 Å². The van der Waals surface area contributed by atoms with Gasteiger partial charge in [0.05, 0.1) is 21.8 Å². The fraction of sp³-hybridized carbons (Fsp3) is 0.353. The van der Waals surface area contributed by atoms with Gasteiger partial charge in [-0.15, -0.1) is 11.3 Å². The SMILES string of the molecule is Cc1ncc(CN2CCc3nc(-c4cccs4)[nH]c(=O)c3C2)n1C. The van der Waals surface area contributed by atoms with Crippen molar-refractivity contribution in [2.75, 3.05) is 6.54 Å². The fourth-order valence-electron chi connectivity index (χ4n) is 3.07. The van der Waals surface area contributed by atoms with Crippen molar-refractivity contribution in [3.8, 4) is 10.7 Å². The molecule has 1 aliphatic rings. The van der Waals surface area contributed by atoms with Crippen LogP contribution in [0.25, 0.3) is 10.7 Å². The van der Waals surface area contributed by atoms with Crippen molar-refractivity contribution >= 4 is 11.3 Å². The lowest BCUT2D eigenvalue weighted by Gasteiger charge is -2.27. The second-order valence-corrected chi connectivity index (χ2v) is 7.08. The van der Waals surface area contributed by atoms with Gasteiger partial charge in [-0.3, -0.25) is 9.69 Å². The Morgan fingerprint density at radius 1 is 1.42 bits per heavy atom. The number of aromatic nitrogens is 4. The minimum Gasteiger partial charge on any atom is -0.334 e. The molecule has 24 heavy (non-hydrogen) atoms. The molecular weight excluding hydrogens is 322 g/mol. The molecule has 124 valence electrons. The Labute approximate surface area is 143 Å². The van der Waals surface area contributed by atoms with Gasteiger partial charge in [0.1, 0.15) is 5.82 Å². The average molecular weight is 341 g/mol. The number of rotatable bonds is 3. The summed E-state index contributed by atoms with van der Waals surface area (Å²) in [5.74, 6) is 1.69. The molecule has 4 rings (SSSR count). The molecule has 0 amide bonds. The third-order valence-corrected chi connectivity index (χ3v) is 5.48. The standard InChI is InChI=1S/C17H19N5OS/c1-11-18-8-12(21(11)2)9-22-6-5-14-13(10-22)17(23)20-16(19-14)15-4-3-7-24-15/h3-4,7-8H,5-6,9-10H2,1-2H3,(H,19,20,23). The topological polar surface area (TPSA) is 66.8 Å². The lowest BCUT2D eigenvalue weighted by Crippen LogP contribution is -2.35. The zero-order chi connectivity index (χ0) is 16.7. The number of H-pyrrole nitrogens is 1. The van der Waals surface area contributed by atoms with Gasteiger partial charge < -0.3 is 9.55 Å². The summed E-state index contributed by atoms with van der Waals surface area (Å²) >= 11 is 1.59. The van der Waals surface area contributed by atoms with Gasteiger partial charge in [0, 0.05) is 39.3 Å². The second kappa shape index (κ2) is 5.99. The largest absolute Gasteiger partial charge is 0.334 e. The van der Waals surface area contributed by atoms with Crippen LogP contribution in [0.4, 0.5) is 0 Å². The van der Waals surface area contributed by atoms with Crippen LogP contribution in [0.1, 0.15) is 22.8 Å². The zero-order valence-electron chi connectivity index (χ0n) is 13.7. The highest BCUT2D eigenvalue weighted by atomic mass is 32.1. The van der Waals surface area contributed by atoms with E-state index in [2.05, 4.69) is 19.4 Å². The summed E-state index contributed by atoms with van der Waals surface area (Å²) in [4.78, 5) is 27.8. The van der Waals surface area contributed by atoms with Crippen molar-refractivity contribution in [3.05, 3.63) is 56.8 Å². The Kier molecular flexibility index (Phi) is 3.82. The highest BCUT2D eigenvalue weighted by Crippen LogP contribution is 2.23. The maximum atomic E-state index is 12.5. The van der Waals surface area contributed by atoms with Crippen LogP contribution in [0.5, 0.6) is 0 Å². The van der Waals surface area contributed by atoms with Gasteiger partial charge in [0.25, 0.3) is 5.56 Å². The molecular formula is C17H19N5OS. The van der Waals surface area contributed by atoms with E-state index in [-0.39, 0.29) is 5.56 Å². The number of imidazole rings is 1. The van der Waals surface area contributed by atoms with Gasteiger partial charge in [0.2, 0.25) is 0 Å². The van der Waals surface area contributed by atoms with Crippen molar-refractivity contribution in [3.63, 3.8) is 0 Å². The predicted molar refractivity (Wildman–Crippen MR) is 93.9 cm³/mol. The van der Waals surface area contributed by atoms with Crippen LogP contribution in [-0.4, -0.2) is 31.0 Å². The molecule has 7 heteroatoms. The van der Waals surface area contributed by atoms with Gasteiger partial charge in [-0.1, -0.05) is 6.07 Å². The third-order valence-electron chi connectivity index (χ3n) is 4.60. The monoisotopic (exact) mass is 341 g/mol. The van der Waals surface area contributed by atoms with Gasteiger partial charge >= 0.3 is 0 Å². The number of nitrogens with one attached hydrogen (secondary N) is 1. The molecule has 0 unspecified atom stereocenters. The van der Waals surface area contributed by atoms with Crippen molar-refractivity contribution in [2.24, 2.45) is 7.05 Å². The number of aryl methyl sites for hydroxylation is 1. The quantitative estimate of drug-likeness (QED) is 0.792. The van der Waals surface area contributed by atoms with Crippen LogP contribution in [0.15, 0.2) is 28.5 Å². The first-order valence-electron chi connectivity index (χ1n) is 7.97. The highest BCUT2D eigenvalue weighted by molar-refractivity contribution is 7.13. The minimum atomic E-state index is -0.0192. The van der Waals surface area contributed by atoms with Crippen molar-refractivity contribution in [1.29, 1.82) is 0 Å². The van der Waals surface area contributed by atoms with Gasteiger partial charge in [-0.25, -0.2) is 9.97 Å². The first-order chi connectivity index (χ1) is 11.6. The van der Waals surface area contributed by atoms with Crippen molar-refractivity contribution in [1.82, 2.24) is 24.4 Å². The molecule has 1 aliphatic heterocycles. The molecule has 0 bridgehead atoms. The van der Waals surface area contributed by atoms with Crippen LogP contribution >= 0.6 is 11.3 Å². The molecule has 0 fully saturated rings. The van der Waals surface area contributed by atoms with Crippen LogP contribution in [0, 0.1) is 6.92 Å². The molecule has 0 aliphatic carbocycles. The molecule has 1 N–H and O–H groups in total. The summed E-state index contributed by atoms with van der Waals surface area (Å²) in [6, 6.07) is 3.95. The summed E-state index contributed by atoms with van der Waals surface area (Å²) in [6.07, 6.45) is 2.71. The van der Waals surface area contributed by atoms with Crippen molar-refractivity contribution in [2.45, 2.75) is 26.4 Å². The molecule has 0 saturated carbocycles. The number of thiophene rings is 1. The third kappa shape index (κ3) is 2.70. The number of hydrogen-bond acceptors (Lipinski definition) is 5. The molecule has 3 aromatic heterocycles. The Hall–Kier alpha value is -2.25. The minimum absolute atomic E-state index is 0.0192. The second-order valence-electron chi connectivity index (χ2n) is 6.13. The molecule has 0 aromatic carbocycles.